The van der Waals surface area contributed by atoms with Gasteiger partial charge in [0.1, 0.15) is 5.75 Å². The molecule has 5 rings (SSSR count). The lowest BCUT2D eigenvalue weighted by Crippen LogP contribution is -2.47. The first-order chi connectivity index (χ1) is 20.1. The summed E-state index contributed by atoms with van der Waals surface area (Å²) in [5.41, 5.74) is 4.43. The third-order valence-corrected chi connectivity index (χ3v) is 8.37. The van der Waals surface area contributed by atoms with Gasteiger partial charge in [-0.15, -0.1) is 0 Å². The normalized spacial score (nSPS) is 15.5. The zero-order valence-electron chi connectivity index (χ0n) is 24.1. The molecule has 1 aliphatic heterocycles. The third kappa shape index (κ3) is 7.60. The van der Waals surface area contributed by atoms with Gasteiger partial charge in [0.2, 0.25) is 5.91 Å². The highest BCUT2D eigenvalue weighted by atomic mass is 16.5. The molecule has 216 valence electrons. The van der Waals surface area contributed by atoms with Gasteiger partial charge in [0.15, 0.2) is 0 Å². The lowest BCUT2D eigenvalue weighted by atomic mass is 10.0. The van der Waals surface area contributed by atoms with Crippen molar-refractivity contribution in [2.45, 2.75) is 44.9 Å². The molecular weight excluding hydrogens is 512 g/mol. The van der Waals surface area contributed by atoms with Gasteiger partial charge >= 0.3 is 0 Å². The average molecular weight is 555 g/mol. The molecule has 2 aliphatic rings. The smallest absolute Gasteiger partial charge is 0.253 e. The molecule has 2 amide bonds. The molecule has 1 saturated heterocycles. The van der Waals surface area contributed by atoms with E-state index in [0.717, 1.165) is 56.1 Å². The van der Waals surface area contributed by atoms with Crippen LogP contribution in [0.5, 0.6) is 5.75 Å². The fourth-order valence-electron chi connectivity index (χ4n) is 6.07. The van der Waals surface area contributed by atoms with Crippen molar-refractivity contribution in [3.63, 3.8) is 0 Å². The summed E-state index contributed by atoms with van der Waals surface area (Å²) < 4.78 is 5.58. The van der Waals surface area contributed by atoms with Crippen molar-refractivity contribution in [2.75, 3.05) is 55.0 Å². The number of nitrogens with zero attached hydrogens (tertiary/aromatic N) is 2. The summed E-state index contributed by atoms with van der Waals surface area (Å²) in [5, 5.41) is 6.17. The first kappa shape index (κ1) is 28.5. The number of hydrogen-bond donors (Lipinski definition) is 2. The Balaban J connectivity index is 1.27. The van der Waals surface area contributed by atoms with E-state index >= 15 is 0 Å². The van der Waals surface area contributed by atoms with Gasteiger partial charge in [0.25, 0.3) is 5.91 Å². The van der Waals surface area contributed by atoms with Crippen molar-refractivity contribution in [2.24, 2.45) is 5.92 Å². The Morgan fingerprint density at radius 2 is 1.54 bits per heavy atom. The summed E-state index contributed by atoms with van der Waals surface area (Å²) in [6, 6.07) is 24.0. The first-order valence-electron chi connectivity index (χ1n) is 15.0. The number of hydrogen-bond acceptors (Lipinski definition) is 5. The van der Waals surface area contributed by atoms with Crippen LogP contribution in [0, 0.1) is 5.92 Å². The number of amides is 2. The van der Waals surface area contributed by atoms with Gasteiger partial charge in [-0.1, -0.05) is 68.1 Å². The Morgan fingerprint density at radius 1 is 0.854 bits per heavy atom. The number of piperazine rings is 1. The minimum atomic E-state index is -0.120. The molecule has 1 saturated carbocycles. The van der Waals surface area contributed by atoms with Gasteiger partial charge in [0, 0.05) is 50.5 Å². The fraction of sp³-hybridized carbons (Fsp3) is 0.412. The van der Waals surface area contributed by atoms with Crippen LogP contribution >= 0.6 is 0 Å². The summed E-state index contributed by atoms with van der Waals surface area (Å²) in [6.07, 6.45) is 7.26. The van der Waals surface area contributed by atoms with Crippen LogP contribution in [-0.2, 0) is 11.2 Å². The molecule has 0 spiro atoms. The molecule has 0 radical (unpaired) electrons. The maximum absolute atomic E-state index is 13.5. The Hall–Kier alpha value is -4.00. The summed E-state index contributed by atoms with van der Waals surface area (Å²) in [7, 11) is 1.70. The number of ether oxygens (including phenoxy) is 1. The minimum Gasteiger partial charge on any atom is -0.495 e. The Morgan fingerprint density at radius 3 is 2.27 bits per heavy atom. The zero-order valence-corrected chi connectivity index (χ0v) is 24.1. The molecule has 3 aromatic carbocycles. The molecule has 2 fully saturated rings. The molecule has 1 heterocycles. The van der Waals surface area contributed by atoms with Crippen molar-refractivity contribution in [1.82, 2.24) is 5.32 Å². The molecule has 7 nitrogen and oxygen atoms in total. The van der Waals surface area contributed by atoms with Crippen LogP contribution in [0.4, 0.5) is 17.1 Å². The Kier molecular flexibility index (Phi) is 9.78. The number of rotatable bonds is 11. The highest BCUT2D eigenvalue weighted by molar-refractivity contribution is 6.02. The van der Waals surface area contributed by atoms with Crippen molar-refractivity contribution in [3.8, 4) is 5.75 Å². The maximum Gasteiger partial charge on any atom is 0.253 e. The van der Waals surface area contributed by atoms with Gasteiger partial charge < -0.3 is 25.2 Å². The largest absolute Gasteiger partial charge is 0.495 e. The second-order valence-corrected chi connectivity index (χ2v) is 11.1. The lowest BCUT2D eigenvalue weighted by molar-refractivity contribution is -0.116. The lowest BCUT2D eigenvalue weighted by Gasteiger charge is -2.38. The molecule has 0 unspecified atom stereocenters. The van der Waals surface area contributed by atoms with E-state index in [1.807, 2.05) is 54.6 Å². The molecule has 1 aliphatic carbocycles. The van der Waals surface area contributed by atoms with E-state index in [-0.39, 0.29) is 11.8 Å². The van der Waals surface area contributed by atoms with Crippen molar-refractivity contribution in [3.05, 3.63) is 83.9 Å². The van der Waals surface area contributed by atoms with Gasteiger partial charge in [-0.2, -0.15) is 0 Å². The standard InChI is InChI=1S/C34H42N4O3/c1-41-32-14-8-7-13-31(32)38-23-21-37(22-24-38)30-17-16-28(36-33(39)18-15-26-11-5-6-12-26)25-29(30)34(40)35-20-19-27-9-3-2-4-10-27/h2-4,7-10,13-14,16-17,25-26H,5-6,11-12,15,18-24H2,1H3,(H,35,40)(H,36,39). The maximum atomic E-state index is 13.5. The molecule has 0 atom stereocenters. The number of nitrogens with one attached hydrogen (secondary N) is 2. The number of methoxy groups -OCH3 is 1. The van der Waals surface area contributed by atoms with Crippen LogP contribution in [0.25, 0.3) is 0 Å². The van der Waals surface area contributed by atoms with E-state index < -0.39 is 0 Å². The Labute approximate surface area is 243 Å². The summed E-state index contributed by atoms with van der Waals surface area (Å²) >= 11 is 0. The summed E-state index contributed by atoms with van der Waals surface area (Å²) in [6.45, 7) is 3.72. The monoisotopic (exact) mass is 554 g/mol. The third-order valence-electron chi connectivity index (χ3n) is 8.37. The average Bonchev–Trinajstić information content (AvgIpc) is 3.54. The van der Waals surface area contributed by atoms with E-state index in [1.54, 1.807) is 7.11 Å². The van der Waals surface area contributed by atoms with Crippen molar-refractivity contribution < 1.29 is 14.3 Å². The number of carbonyl (C=O) groups excluding carboxylic acids is 2. The first-order valence-corrected chi connectivity index (χ1v) is 15.0. The molecule has 3 aromatic rings. The van der Waals surface area contributed by atoms with E-state index in [2.05, 4.69) is 38.6 Å². The highest BCUT2D eigenvalue weighted by Crippen LogP contribution is 2.32. The molecule has 0 aromatic heterocycles. The van der Waals surface area contributed by atoms with E-state index in [1.165, 1.54) is 31.2 Å². The highest BCUT2D eigenvalue weighted by Gasteiger charge is 2.24. The van der Waals surface area contributed by atoms with Crippen LogP contribution in [0.1, 0.15) is 54.4 Å². The van der Waals surface area contributed by atoms with Crippen molar-refractivity contribution in [1.29, 1.82) is 0 Å². The van der Waals surface area contributed by atoms with Gasteiger partial charge in [-0.05, 0) is 54.7 Å². The molecule has 0 bridgehead atoms. The minimum absolute atomic E-state index is 0.0190. The van der Waals surface area contributed by atoms with Crippen LogP contribution < -0.4 is 25.2 Å². The predicted molar refractivity (Wildman–Crippen MR) is 166 cm³/mol. The predicted octanol–water partition coefficient (Wildman–Crippen LogP) is 5.90. The zero-order chi connectivity index (χ0) is 28.4. The fourth-order valence-corrected chi connectivity index (χ4v) is 6.07. The van der Waals surface area contributed by atoms with Crippen LogP contribution in [0.3, 0.4) is 0 Å². The van der Waals surface area contributed by atoms with Gasteiger partial charge in [-0.25, -0.2) is 0 Å². The number of benzene rings is 3. The van der Waals surface area contributed by atoms with Crippen LogP contribution in [0.2, 0.25) is 0 Å². The molecule has 7 heteroatoms. The SMILES string of the molecule is COc1ccccc1N1CCN(c2ccc(NC(=O)CCC3CCCC3)cc2C(=O)NCCc2ccccc2)CC1. The topological polar surface area (TPSA) is 73.9 Å². The van der Waals surface area contributed by atoms with Crippen molar-refractivity contribution >= 4 is 28.9 Å². The number of carbonyl (C=O) groups is 2. The second kappa shape index (κ2) is 14.1. The summed E-state index contributed by atoms with van der Waals surface area (Å²) in [4.78, 5) is 30.9. The summed E-state index contributed by atoms with van der Waals surface area (Å²) in [5.74, 6) is 1.44. The van der Waals surface area contributed by atoms with E-state index in [4.69, 9.17) is 4.74 Å². The quantitative estimate of drug-likeness (QED) is 0.309. The molecular formula is C34H42N4O3. The van der Waals surface area contributed by atoms with Gasteiger partial charge in [0.05, 0.1) is 18.4 Å². The van der Waals surface area contributed by atoms with Gasteiger partial charge in [-0.3, -0.25) is 9.59 Å². The number of para-hydroxylation sites is 2. The Bertz CT molecular complexity index is 1300. The van der Waals surface area contributed by atoms with Crippen LogP contribution in [0.15, 0.2) is 72.8 Å². The molecule has 2 N–H and O–H groups in total. The van der Waals surface area contributed by atoms with E-state index in [0.29, 0.717) is 30.1 Å². The van der Waals surface area contributed by atoms with E-state index in [9.17, 15) is 9.59 Å². The number of anilines is 3. The molecule has 41 heavy (non-hydrogen) atoms. The van der Waals surface area contributed by atoms with Crippen LogP contribution in [-0.4, -0.2) is 51.6 Å². The second-order valence-electron chi connectivity index (χ2n) is 11.1.